The predicted molar refractivity (Wildman–Crippen MR) is 76.1 cm³/mol. The molecule has 0 unspecified atom stereocenters. The lowest BCUT2D eigenvalue weighted by Gasteiger charge is -2.33. The molecule has 3 rings (SSSR count). The van der Waals surface area contributed by atoms with E-state index < -0.39 is 11.6 Å². The van der Waals surface area contributed by atoms with Crippen molar-refractivity contribution < 1.29 is 13.6 Å². The number of benzene rings is 1. The molecule has 2 aliphatic heterocycles. The molecule has 1 amide bonds. The van der Waals surface area contributed by atoms with E-state index in [1.54, 1.807) is 4.90 Å². The zero-order chi connectivity index (χ0) is 15.0. The highest BCUT2D eigenvalue weighted by Gasteiger charge is 2.39. The van der Waals surface area contributed by atoms with Crippen LogP contribution in [0.3, 0.4) is 0 Å². The fourth-order valence-electron chi connectivity index (χ4n) is 3.69. The van der Waals surface area contributed by atoms with Crippen molar-refractivity contribution in [1.29, 1.82) is 0 Å². The molecule has 2 atom stereocenters. The molecule has 2 heterocycles. The molecule has 0 spiro atoms. The van der Waals surface area contributed by atoms with Crippen molar-refractivity contribution in [2.45, 2.75) is 37.8 Å². The van der Waals surface area contributed by atoms with E-state index in [4.69, 9.17) is 0 Å². The Bertz CT molecular complexity index is 549. The average molecular weight is 294 g/mol. The zero-order valence-corrected chi connectivity index (χ0v) is 12.2. The van der Waals surface area contributed by atoms with Crippen molar-refractivity contribution in [3.05, 3.63) is 35.4 Å². The number of likely N-dealkylation sites (tertiary alicyclic amines) is 2. The number of amides is 1. The molecule has 3 nitrogen and oxygen atoms in total. The molecule has 2 saturated heterocycles. The van der Waals surface area contributed by atoms with Crippen LogP contribution in [0.25, 0.3) is 0 Å². The molecule has 114 valence electrons. The van der Waals surface area contributed by atoms with Gasteiger partial charge in [0.1, 0.15) is 0 Å². The largest absolute Gasteiger partial charge is 0.334 e. The van der Waals surface area contributed by atoms with Crippen LogP contribution in [-0.4, -0.2) is 47.9 Å². The summed E-state index contributed by atoms with van der Waals surface area (Å²) in [6.45, 7) is 1.67. The molecule has 1 aromatic rings. The van der Waals surface area contributed by atoms with Crippen LogP contribution in [0.5, 0.6) is 0 Å². The summed E-state index contributed by atoms with van der Waals surface area (Å²) in [7, 11) is 2.07. The molecule has 21 heavy (non-hydrogen) atoms. The fraction of sp³-hybridized carbons (Fsp3) is 0.562. The summed E-state index contributed by atoms with van der Waals surface area (Å²) >= 11 is 0. The summed E-state index contributed by atoms with van der Waals surface area (Å²) in [6.07, 6.45) is 4.07. The first-order valence-corrected chi connectivity index (χ1v) is 7.55. The Balaban J connectivity index is 1.84. The van der Waals surface area contributed by atoms with Crippen LogP contribution in [0.15, 0.2) is 18.2 Å². The van der Waals surface area contributed by atoms with Crippen molar-refractivity contribution in [2.24, 2.45) is 0 Å². The summed E-state index contributed by atoms with van der Waals surface area (Å²) in [5, 5.41) is 0. The third kappa shape index (κ3) is 2.55. The molecule has 0 bridgehead atoms. The molecular formula is C16H20F2N2O. The first-order chi connectivity index (χ1) is 10.1. The van der Waals surface area contributed by atoms with Crippen LogP contribution in [0.2, 0.25) is 0 Å². The highest BCUT2D eigenvalue weighted by Crippen LogP contribution is 2.30. The molecule has 0 saturated carbocycles. The number of likely N-dealkylation sites (N-methyl/N-ethyl adjacent to an activating group) is 1. The topological polar surface area (TPSA) is 23.6 Å². The monoisotopic (exact) mass is 294 g/mol. The lowest BCUT2D eigenvalue weighted by atomic mass is 10.0. The van der Waals surface area contributed by atoms with Crippen LogP contribution in [-0.2, 0) is 0 Å². The molecule has 2 fully saturated rings. The van der Waals surface area contributed by atoms with Gasteiger partial charge in [0, 0.05) is 18.6 Å². The van der Waals surface area contributed by atoms with Gasteiger partial charge in [-0.25, -0.2) is 8.78 Å². The van der Waals surface area contributed by atoms with Crippen LogP contribution >= 0.6 is 0 Å². The molecule has 0 aromatic heterocycles. The number of nitrogens with zero attached hydrogens (tertiary/aromatic N) is 2. The van der Waals surface area contributed by atoms with E-state index in [0.717, 1.165) is 38.3 Å². The maximum absolute atomic E-state index is 13.9. The SMILES string of the molecule is CN1CCC[C@H]1[C@H]1CCCN1C(=O)c1cccc(F)c1F. The predicted octanol–water partition coefficient (Wildman–Crippen LogP) is 2.66. The van der Waals surface area contributed by atoms with Crippen LogP contribution in [0.1, 0.15) is 36.0 Å². The minimum atomic E-state index is -1.03. The van der Waals surface area contributed by atoms with Gasteiger partial charge in [0.05, 0.1) is 5.56 Å². The molecular weight excluding hydrogens is 274 g/mol. The number of carbonyl (C=O) groups is 1. The summed E-state index contributed by atoms with van der Waals surface area (Å²) in [6, 6.07) is 4.26. The van der Waals surface area contributed by atoms with Crippen molar-refractivity contribution in [2.75, 3.05) is 20.1 Å². The number of carbonyl (C=O) groups excluding carboxylic acids is 1. The zero-order valence-electron chi connectivity index (χ0n) is 12.2. The quantitative estimate of drug-likeness (QED) is 0.837. The van der Waals surface area contributed by atoms with Gasteiger partial charge in [0.2, 0.25) is 0 Å². The van der Waals surface area contributed by atoms with Gasteiger partial charge < -0.3 is 9.80 Å². The minimum absolute atomic E-state index is 0.118. The van der Waals surface area contributed by atoms with Crippen LogP contribution in [0, 0.1) is 11.6 Å². The van der Waals surface area contributed by atoms with E-state index >= 15 is 0 Å². The third-order valence-electron chi connectivity index (χ3n) is 4.76. The number of hydrogen-bond acceptors (Lipinski definition) is 2. The Kier molecular flexibility index (Phi) is 3.93. The first kappa shape index (κ1) is 14.4. The summed E-state index contributed by atoms with van der Waals surface area (Å²) in [5.41, 5.74) is -0.150. The average Bonchev–Trinajstić information content (AvgIpc) is 3.09. The van der Waals surface area contributed by atoms with Crippen molar-refractivity contribution in [1.82, 2.24) is 9.80 Å². The van der Waals surface area contributed by atoms with E-state index in [0.29, 0.717) is 12.6 Å². The molecule has 5 heteroatoms. The third-order valence-corrected chi connectivity index (χ3v) is 4.76. The van der Waals surface area contributed by atoms with Gasteiger partial charge in [-0.05, 0) is 51.4 Å². The minimum Gasteiger partial charge on any atom is -0.334 e. The van der Waals surface area contributed by atoms with Gasteiger partial charge in [-0.3, -0.25) is 4.79 Å². The van der Waals surface area contributed by atoms with Crippen molar-refractivity contribution >= 4 is 5.91 Å². The van der Waals surface area contributed by atoms with Crippen molar-refractivity contribution in [3.8, 4) is 0 Å². The Hall–Kier alpha value is -1.49. The van der Waals surface area contributed by atoms with Crippen molar-refractivity contribution in [3.63, 3.8) is 0 Å². The summed E-state index contributed by atoms with van der Waals surface area (Å²) in [4.78, 5) is 16.6. The van der Waals surface area contributed by atoms with E-state index in [9.17, 15) is 13.6 Å². The Morgan fingerprint density at radius 3 is 2.57 bits per heavy atom. The highest BCUT2D eigenvalue weighted by atomic mass is 19.2. The summed E-state index contributed by atoms with van der Waals surface area (Å²) in [5.74, 6) is -2.38. The number of hydrogen-bond donors (Lipinski definition) is 0. The Labute approximate surface area is 123 Å². The Morgan fingerprint density at radius 2 is 1.86 bits per heavy atom. The van der Waals surface area contributed by atoms with E-state index in [1.165, 1.54) is 12.1 Å². The second kappa shape index (κ2) is 5.72. The number of rotatable bonds is 2. The smallest absolute Gasteiger partial charge is 0.257 e. The van der Waals surface area contributed by atoms with Gasteiger partial charge >= 0.3 is 0 Å². The second-order valence-corrected chi connectivity index (χ2v) is 6.00. The summed E-state index contributed by atoms with van der Waals surface area (Å²) < 4.78 is 27.2. The van der Waals surface area contributed by atoms with Gasteiger partial charge in [-0.15, -0.1) is 0 Å². The van der Waals surface area contributed by atoms with Crippen LogP contribution < -0.4 is 0 Å². The second-order valence-electron chi connectivity index (χ2n) is 6.00. The maximum Gasteiger partial charge on any atom is 0.257 e. The van der Waals surface area contributed by atoms with Crippen LogP contribution in [0.4, 0.5) is 8.78 Å². The van der Waals surface area contributed by atoms with E-state index in [2.05, 4.69) is 11.9 Å². The molecule has 2 aliphatic rings. The maximum atomic E-state index is 13.9. The van der Waals surface area contributed by atoms with Gasteiger partial charge in [-0.1, -0.05) is 6.07 Å². The standard InChI is InChI=1S/C16H20F2N2O/c1-19-9-3-7-13(19)14-8-4-10-20(14)16(21)11-5-2-6-12(17)15(11)18/h2,5-6,13-14H,3-4,7-10H2,1H3/t13-,14+/m0/s1. The molecule has 0 aliphatic carbocycles. The first-order valence-electron chi connectivity index (χ1n) is 7.55. The van der Waals surface area contributed by atoms with Gasteiger partial charge in [0.25, 0.3) is 5.91 Å². The highest BCUT2D eigenvalue weighted by molar-refractivity contribution is 5.95. The Morgan fingerprint density at radius 1 is 1.14 bits per heavy atom. The molecule has 0 N–H and O–H groups in total. The van der Waals surface area contributed by atoms with Gasteiger partial charge in [-0.2, -0.15) is 0 Å². The molecule has 1 aromatic carbocycles. The number of halogens is 2. The fourth-order valence-corrected chi connectivity index (χ4v) is 3.69. The molecule has 0 radical (unpaired) electrons. The van der Waals surface area contributed by atoms with E-state index in [1.807, 2.05) is 0 Å². The van der Waals surface area contributed by atoms with E-state index in [-0.39, 0.29) is 17.5 Å². The van der Waals surface area contributed by atoms with Gasteiger partial charge in [0.15, 0.2) is 11.6 Å². The normalized spacial score (nSPS) is 26.5. The lowest BCUT2D eigenvalue weighted by Crippen LogP contribution is -2.47. The lowest BCUT2D eigenvalue weighted by molar-refractivity contribution is 0.0658.